The molecule has 0 spiro atoms. The molecule has 0 saturated heterocycles. The first-order valence-electron chi connectivity index (χ1n) is 4.10. The van der Waals surface area contributed by atoms with Crippen molar-refractivity contribution in [2.45, 2.75) is 6.92 Å². The smallest absolute Gasteiger partial charge is 0.138 e. The van der Waals surface area contributed by atoms with Crippen LogP contribution in [0.25, 0.3) is 10.9 Å². The lowest BCUT2D eigenvalue weighted by molar-refractivity contribution is 0.622. The fourth-order valence-corrected chi connectivity index (χ4v) is 2.40. The monoisotopic (exact) mass is 307 g/mol. The maximum absolute atomic E-state index is 13.4. The fraction of sp³-hybridized carbons (Fsp3) is 0.100. The molecule has 0 bridgehead atoms. The van der Waals surface area contributed by atoms with Gasteiger partial charge in [-0.15, -0.1) is 0 Å². The van der Waals surface area contributed by atoms with Gasteiger partial charge in [-0.05, 0) is 34.5 Å². The second-order valence-electron chi connectivity index (χ2n) is 3.13. The normalized spacial score (nSPS) is 11.0. The molecule has 0 amide bonds. The van der Waals surface area contributed by atoms with Crippen molar-refractivity contribution in [2.75, 3.05) is 0 Å². The third kappa shape index (κ3) is 1.73. The molecule has 78 valence electrons. The lowest BCUT2D eigenvalue weighted by Gasteiger charge is -2.07. The summed E-state index contributed by atoms with van der Waals surface area (Å²) in [6.07, 6.45) is 1.46. The average molecular weight is 309 g/mol. The van der Waals surface area contributed by atoms with Crippen molar-refractivity contribution in [3.8, 4) is 0 Å². The van der Waals surface area contributed by atoms with Crippen molar-refractivity contribution in [1.82, 2.24) is 4.98 Å². The molecule has 0 atom stereocenters. The van der Waals surface area contributed by atoms with Gasteiger partial charge in [0.25, 0.3) is 0 Å². The molecule has 0 N–H and O–H groups in total. The number of aromatic nitrogens is 1. The van der Waals surface area contributed by atoms with Crippen molar-refractivity contribution in [3.05, 3.63) is 38.2 Å². The van der Waals surface area contributed by atoms with Gasteiger partial charge in [0.15, 0.2) is 0 Å². The van der Waals surface area contributed by atoms with Crippen LogP contribution in [-0.2, 0) is 0 Å². The largest absolute Gasteiger partial charge is 0.254 e. The third-order valence-electron chi connectivity index (χ3n) is 2.12. The van der Waals surface area contributed by atoms with E-state index in [9.17, 15) is 4.39 Å². The van der Waals surface area contributed by atoms with E-state index in [1.54, 1.807) is 6.92 Å². The third-order valence-corrected chi connectivity index (χ3v) is 3.67. The quantitative estimate of drug-likeness (QED) is 0.684. The van der Waals surface area contributed by atoms with Gasteiger partial charge in [-0.25, -0.2) is 4.39 Å². The molecule has 1 nitrogen and oxygen atoms in total. The molecular formula is C10H5BrCl2FN. The van der Waals surface area contributed by atoms with Gasteiger partial charge >= 0.3 is 0 Å². The van der Waals surface area contributed by atoms with E-state index in [1.807, 2.05) is 0 Å². The number of halogens is 4. The summed E-state index contributed by atoms with van der Waals surface area (Å²) in [6, 6.07) is 1.41. The first-order valence-corrected chi connectivity index (χ1v) is 5.65. The van der Waals surface area contributed by atoms with Crippen LogP contribution in [0.1, 0.15) is 5.56 Å². The van der Waals surface area contributed by atoms with Gasteiger partial charge in [-0.3, -0.25) is 4.98 Å². The predicted octanol–water partition coefficient (Wildman–Crippen LogP) is 4.75. The molecule has 5 heteroatoms. The zero-order valence-corrected chi connectivity index (χ0v) is 10.7. The molecule has 2 rings (SSSR count). The van der Waals surface area contributed by atoms with Crippen molar-refractivity contribution in [2.24, 2.45) is 0 Å². The summed E-state index contributed by atoms with van der Waals surface area (Å²) in [5, 5.41) is 1.15. The van der Waals surface area contributed by atoms with Crippen LogP contribution in [0, 0.1) is 12.7 Å². The van der Waals surface area contributed by atoms with Crippen LogP contribution in [0.2, 0.25) is 10.0 Å². The van der Waals surface area contributed by atoms with Crippen LogP contribution in [0.4, 0.5) is 4.39 Å². The van der Waals surface area contributed by atoms with E-state index in [1.165, 1.54) is 12.3 Å². The van der Waals surface area contributed by atoms with Crippen LogP contribution in [0.5, 0.6) is 0 Å². The Kier molecular flexibility index (Phi) is 2.88. The highest BCUT2D eigenvalue weighted by Gasteiger charge is 2.14. The summed E-state index contributed by atoms with van der Waals surface area (Å²) < 4.78 is 13.7. The lowest BCUT2D eigenvalue weighted by atomic mass is 10.1. The van der Waals surface area contributed by atoms with E-state index in [-0.39, 0.29) is 5.82 Å². The van der Waals surface area contributed by atoms with Gasteiger partial charge < -0.3 is 0 Å². The Morgan fingerprint density at radius 1 is 1.40 bits per heavy atom. The highest BCUT2D eigenvalue weighted by molar-refractivity contribution is 9.10. The molecule has 1 aromatic heterocycles. The molecule has 0 radical (unpaired) electrons. The van der Waals surface area contributed by atoms with E-state index >= 15 is 0 Å². The van der Waals surface area contributed by atoms with Gasteiger partial charge in [0.05, 0.1) is 20.0 Å². The summed E-state index contributed by atoms with van der Waals surface area (Å²) in [6.45, 7) is 1.77. The molecule has 0 aliphatic rings. The first kappa shape index (κ1) is 11.1. The Morgan fingerprint density at radius 2 is 2.07 bits per heavy atom. The van der Waals surface area contributed by atoms with Crippen molar-refractivity contribution >= 4 is 50.0 Å². The molecule has 0 fully saturated rings. The second kappa shape index (κ2) is 3.89. The van der Waals surface area contributed by atoms with E-state index in [0.29, 0.717) is 25.4 Å². The van der Waals surface area contributed by atoms with Gasteiger partial charge in [0.2, 0.25) is 0 Å². The summed E-state index contributed by atoms with van der Waals surface area (Å²) in [4.78, 5) is 4.13. The van der Waals surface area contributed by atoms with Crippen LogP contribution < -0.4 is 0 Å². The van der Waals surface area contributed by atoms with E-state index < -0.39 is 0 Å². The van der Waals surface area contributed by atoms with E-state index in [0.717, 1.165) is 5.56 Å². The van der Waals surface area contributed by atoms with Crippen molar-refractivity contribution in [1.29, 1.82) is 0 Å². The zero-order chi connectivity index (χ0) is 11.2. The fourth-order valence-electron chi connectivity index (χ4n) is 1.41. The molecule has 0 unspecified atom stereocenters. The molecule has 0 aliphatic heterocycles. The molecule has 1 aromatic carbocycles. The number of aryl methyl sites for hydroxylation is 1. The second-order valence-corrected chi connectivity index (χ2v) is 4.71. The van der Waals surface area contributed by atoms with Crippen LogP contribution in [-0.4, -0.2) is 4.98 Å². The summed E-state index contributed by atoms with van der Waals surface area (Å²) in [5.74, 6) is -0.369. The minimum absolute atomic E-state index is 0.295. The molecular weight excluding hydrogens is 304 g/mol. The SMILES string of the molecule is Cc1cc(F)c(Br)c2c(Cl)c(Cl)cnc12. The lowest BCUT2D eigenvalue weighted by Crippen LogP contribution is -1.90. The zero-order valence-electron chi connectivity index (χ0n) is 7.61. The van der Waals surface area contributed by atoms with Gasteiger partial charge in [0, 0.05) is 11.6 Å². The summed E-state index contributed by atoms with van der Waals surface area (Å²) in [5.41, 5.74) is 1.38. The standard InChI is InChI=1S/C10H5BrCl2FN/c1-4-2-6(14)8(11)7-9(13)5(12)3-15-10(4)7/h2-3H,1H3. The van der Waals surface area contributed by atoms with E-state index in [2.05, 4.69) is 20.9 Å². The maximum Gasteiger partial charge on any atom is 0.138 e. The van der Waals surface area contributed by atoms with Crippen LogP contribution in [0.15, 0.2) is 16.7 Å². The molecule has 0 saturated carbocycles. The summed E-state index contributed by atoms with van der Waals surface area (Å²) >= 11 is 15.0. The number of fused-ring (bicyclic) bond motifs is 1. The van der Waals surface area contributed by atoms with Crippen LogP contribution >= 0.6 is 39.1 Å². The Balaban J connectivity index is 3.04. The Bertz CT molecular complexity index is 549. The molecule has 15 heavy (non-hydrogen) atoms. The minimum Gasteiger partial charge on any atom is -0.254 e. The van der Waals surface area contributed by atoms with Crippen LogP contribution in [0.3, 0.4) is 0 Å². The number of rotatable bonds is 0. The van der Waals surface area contributed by atoms with Crippen molar-refractivity contribution < 1.29 is 4.39 Å². The number of hydrogen-bond donors (Lipinski definition) is 0. The molecule has 2 aromatic rings. The minimum atomic E-state index is -0.369. The Labute approximate surface area is 104 Å². The predicted molar refractivity (Wildman–Crippen MR) is 64.2 cm³/mol. The number of hydrogen-bond acceptors (Lipinski definition) is 1. The maximum atomic E-state index is 13.4. The Hall–Kier alpha value is -0.380. The van der Waals surface area contributed by atoms with Gasteiger partial charge in [0.1, 0.15) is 5.82 Å². The van der Waals surface area contributed by atoms with Gasteiger partial charge in [-0.1, -0.05) is 23.2 Å². The van der Waals surface area contributed by atoms with Crippen molar-refractivity contribution in [3.63, 3.8) is 0 Å². The number of pyridine rings is 1. The van der Waals surface area contributed by atoms with E-state index in [4.69, 9.17) is 23.2 Å². The first-order chi connectivity index (χ1) is 7.02. The number of benzene rings is 1. The average Bonchev–Trinajstić information content (AvgIpc) is 2.19. The topological polar surface area (TPSA) is 12.9 Å². The summed E-state index contributed by atoms with van der Waals surface area (Å²) in [7, 11) is 0. The highest BCUT2D eigenvalue weighted by Crippen LogP contribution is 2.36. The molecule has 0 aliphatic carbocycles. The molecule has 1 heterocycles. The Morgan fingerprint density at radius 3 is 2.73 bits per heavy atom. The van der Waals surface area contributed by atoms with Gasteiger partial charge in [-0.2, -0.15) is 0 Å². The highest BCUT2D eigenvalue weighted by atomic mass is 79.9. The number of nitrogens with zero attached hydrogens (tertiary/aromatic N) is 1.